The zero-order chi connectivity index (χ0) is 18.4. The van der Waals surface area contributed by atoms with Gasteiger partial charge in [-0.3, -0.25) is 4.90 Å². The average molecular weight is 371 g/mol. The van der Waals surface area contributed by atoms with E-state index in [1.54, 1.807) is 11.3 Å². The first kappa shape index (κ1) is 18.7. The van der Waals surface area contributed by atoms with E-state index in [0.29, 0.717) is 6.54 Å². The molecule has 2 aromatic heterocycles. The minimum Gasteiger partial charge on any atom is -0.369 e. The summed E-state index contributed by atoms with van der Waals surface area (Å²) in [6.07, 6.45) is 2.92. The number of nitrogens with one attached hydrogen (secondary N) is 1. The lowest BCUT2D eigenvalue weighted by Crippen LogP contribution is -2.20. The Balaban J connectivity index is 1.73. The van der Waals surface area contributed by atoms with Crippen LogP contribution >= 0.6 is 11.3 Å². The molecule has 1 aromatic carbocycles. The molecule has 3 aromatic rings. The molecule has 0 bridgehead atoms. The van der Waals surface area contributed by atoms with Crippen molar-refractivity contribution < 1.29 is 0 Å². The minimum atomic E-state index is 0.691. The van der Waals surface area contributed by atoms with Crippen molar-refractivity contribution in [1.29, 1.82) is 0 Å². The topological polar surface area (TPSA) is 57.2 Å². The minimum absolute atomic E-state index is 0.691. The molecular weight excluding hydrogens is 344 g/mol. The van der Waals surface area contributed by atoms with Crippen LogP contribution in [0.2, 0.25) is 0 Å². The highest BCUT2D eigenvalue weighted by atomic mass is 32.1. The number of hydrogen-bond acceptors (Lipinski definition) is 7. The van der Waals surface area contributed by atoms with Gasteiger partial charge in [-0.05, 0) is 46.2 Å². The summed E-state index contributed by atoms with van der Waals surface area (Å²) in [6, 6.07) is 8.18. The molecule has 2 heterocycles. The molecule has 3 rings (SSSR count). The van der Waals surface area contributed by atoms with E-state index in [1.807, 2.05) is 29.8 Å². The molecule has 0 fully saturated rings. The van der Waals surface area contributed by atoms with Crippen LogP contribution in [-0.4, -0.2) is 59.0 Å². The smallest absolute Gasteiger partial charge is 0.145 e. The van der Waals surface area contributed by atoms with Crippen molar-refractivity contribution in [2.24, 2.45) is 0 Å². The number of nitrogens with zero attached hydrogens (tertiary/aromatic N) is 5. The van der Waals surface area contributed by atoms with Crippen molar-refractivity contribution >= 4 is 28.1 Å². The molecule has 0 aliphatic heterocycles. The summed E-state index contributed by atoms with van der Waals surface area (Å²) in [6.45, 7) is 3.45. The Morgan fingerprint density at radius 1 is 1.08 bits per heavy atom. The molecule has 138 valence electrons. The van der Waals surface area contributed by atoms with Crippen LogP contribution in [0.4, 0.5) is 5.82 Å². The second kappa shape index (κ2) is 9.02. The zero-order valence-electron chi connectivity index (χ0n) is 15.6. The number of para-hydroxylation sites is 1. The van der Waals surface area contributed by atoms with Gasteiger partial charge in [-0.15, -0.1) is 11.3 Å². The van der Waals surface area contributed by atoms with Gasteiger partial charge in [0, 0.05) is 23.5 Å². The number of rotatable bonds is 9. The van der Waals surface area contributed by atoms with Crippen molar-refractivity contribution in [3.8, 4) is 0 Å². The third-order valence-corrected chi connectivity index (χ3v) is 4.79. The van der Waals surface area contributed by atoms with Crippen LogP contribution in [0, 0.1) is 0 Å². The fourth-order valence-corrected chi connectivity index (χ4v) is 3.49. The molecule has 0 aliphatic rings. The Bertz CT molecular complexity index is 818. The van der Waals surface area contributed by atoms with Crippen molar-refractivity contribution in [3.63, 3.8) is 0 Å². The molecule has 0 amide bonds. The van der Waals surface area contributed by atoms with Crippen molar-refractivity contribution in [2.75, 3.05) is 39.5 Å². The predicted molar refractivity (Wildman–Crippen MR) is 108 cm³/mol. The summed E-state index contributed by atoms with van der Waals surface area (Å²) in [5, 5.41) is 7.68. The highest BCUT2D eigenvalue weighted by Crippen LogP contribution is 2.21. The number of fused-ring (bicyclic) bond motifs is 1. The molecule has 0 unspecified atom stereocenters. The lowest BCUT2D eigenvalue weighted by Gasteiger charge is -2.16. The van der Waals surface area contributed by atoms with Crippen LogP contribution in [0.15, 0.2) is 35.8 Å². The molecule has 0 radical (unpaired) electrons. The first-order chi connectivity index (χ1) is 12.6. The summed E-state index contributed by atoms with van der Waals surface area (Å²) in [5.74, 6) is 1.75. The van der Waals surface area contributed by atoms with Gasteiger partial charge in [0.1, 0.15) is 16.6 Å². The maximum atomic E-state index is 4.79. The van der Waals surface area contributed by atoms with Gasteiger partial charge in [0.15, 0.2) is 0 Å². The summed E-state index contributed by atoms with van der Waals surface area (Å²) in [7, 11) is 6.26. The van der Waals surface area contributed by atoms with Crippen molar-refractivity contribution in [1.82, 2.24) is 24.8 Å². The van der Waals surface area contributed by atoms with Gasteiger partial charge in [-0.1, -0.05) is 12.1 Å². The Labute approximate surface area is 158 Å². The molecule has 0 saturated carbocycles. The van der Waals surface area contributed by atoms with Crippen LogP contribution in [0.25, 0.3) is 10.9 Å². The van der Waals surface area contributed by atoms with E-state index in [9.17, 15) is 0 Å². The van der Waals surface area contributed by atoms with Gasteiger partial charge < -0.3 is 10.2 Å². The first-order valence-electron chi connectivity index (χ1n) is 8.83. The number of aromatic nitrogens is 3. The fourth-order valence-electron chi connectivity index (χ4n) is 2.79. The van der Waals surface area contributed by atoms with Crippen molar-refractivity contribution in [3.05, 3.63) is 46.7 Å². The van der Waals surface area contributed by atoms with E-state index in [4.69, 9.17) is 9.97 Å². The Kier molecular flexibility index (Phi) is 6.49. The normalized spacial score (nSPS) is 11.6. The number of benzene rings is 1. The first-order valence-corrected chi connectivity index (χ1v) is 9.71. The van der Waals surface area contributed by atoms with Crippen LogP contribution in [0.3, 0.4) is 0 Å². The molecule has 0 spiro atoms. The number of anilines is 1. The van der Waals surface area contributed by atoms with Gasteiger partial charge >= 0.3 is 0 Å². The van der Waals surface area contributed by atoms with E-state index in [1.165, 1.54) is 0 Å². The zero-order valence-corrected chi connectivity index (χ0v) is 16.5. The highest BCUT2D eigenvalue weighted by molar-refractivity contribution is 7.09. The maximum absolute atomic E-state index is 4.79. The summed E-state index contributed by atoms with van der Waals surface area (Å²) in [5.41, 5.74) is 0.982. The van der Waals surface area contributed by atoms with Crippen molar-refractivity contribution in [2.45, 2.75) is 19.5 Å². The van der Waals surface area contributed by atoms with E-state index in [2.05, 4.69) is 47.3 Å². The Morgan fingerprint density at radius 3 is 2.69 bits per heavy atom. The third kappa shape index (κ3) is 5.20. The lowest BCUT2D eigenvalue weighted by molar-refractivity contribution is 0.310. The summed E-state index contributed by atoms with van der Waals surface area (Å²) in [4.78, 5) is 18.3. The van der Waals surface area contributed by atoms with Gasteiger partial charge in [-0.25, -0.2) is 15.0 Å². The van der Waals surface area contributed by atoms with E-state index >= 15 is 0 Å². The number of hydrogen-bond donors (Lipinski definition) is 1. The van der Waals surface area contributed by atoms with Gasteiger partial charge in [0.2, 0.25) is 0 Å². The molecule has 0 saturated heterocycles. The van der Waals surface area contributed by atoms with Crippen LogP contribution in [0.5, 0.6) is 0 Å². The Hall–Kier alpha value is -2.09. The second-order valence-corrected chi connectivity index (χ2v) is 7.67. The molecule has 6 nitrogen and oxygen atoms in total. The van der Waals surface area contributed by atoms with Gasteiger partial charge in [0.05, 0.1) is 18.6 Å². The summed E-state index contributed by atoms with van der Waals surface area (Å²) < 4.78 is 0. The predicted octanol–water partition coefficient (Wildman–Crippen LogP) is 3.08. The van der Waals surface area contributed by atoms with Gasteiger partial charge in [0.25, 0.3) is 0 Å². The molecule has 1 N–H and O–H groups in total. The SMILES string of the molecule is CN(C)CCCNc1nc(CN(C)Cc2nccs2)nc2ccccc12. The van der Waals surface area contributed by atoms with Crippen LogP contribution in [-0.2, 0) is 13.1 Å². The van der Waals surface area contributed by atoms with Crippen LogP contribution in [0.1, 0.15) is 17.3 Å². The lowest BCUT2D eigenvalue weighted by atomic mass is 10.2. The van der Waals surface area contributed by atoms with E-state index in [-0.39, 0.29) is 0 Å². The average Bonchev–Trinajstić information content (AvgIpc) is 3.11. The highest BCUT2D eigenvalue weighted by Gasteiger charge is 2.10. The molecule has 7 heteroatoms. The van der Waals surface area contributed by atoms with E-state index < -0.39 is 0 Å². The largest absolute Gasteiger partial charge is 0.369 e. The molecular formula is C19H26N6S. The van der Waals surface area contributed by atoms with E-state index in [0.717, 1.165) is 53.6 Å². The Morgan fingerprint density at radius 2 is 1.92 bits per heavy atom. The summed E-state index contributed by atoms with van der Waals surface area (Å²) >= 11 is 1.67. The standard InChI is InChI=1S/C19H26N6S/c1-24(2)11-6-9-21-19-15-7-4-5-8-16(15)22-17(23-19)13-25(3)14-18-20-10-12-26-18/h4-5,7-8,10,12H,6,9,11,13-14H2,1-3H3,(H,21,22,23). The van der Waals surface area contributed by atoms with Gasteiger partial charge in [-0.2, -0.15) is 0 Å². The molecule has 26 heavy (non-hydrogen) atoms. The third-order valence-electron chi connectivity index (χ3n) is 4.02. The maximum Gasteiger partial charge on any atom is 0.145 e. The number of thiazole rings is 1. The fraction of sp³-hybridized carbons (Fsp3) is 0.421. The monoisotopic (exact) mass is 370 g/mol. The quantitative estimate of drug-likeness (QED) is 0.584. The molecule has 0 aliphatic carbocycles. The second-order valence-electron chi connectivity index (χ2n) is 6.69. The van der Waals surface area contributed by atoms with Crippen LogP contribution < -0.4 is 5.32 Å². The molecule has 0 atom stereocenters.